The number of hydrogen-bond donors (Lipinski definition) is 1. The predicted molar refractivity (Wildman–Crippen MR) is 64.2 cm³/mol. The van der Waals surface area contributed by atoms with Gasteiger partial charge < -0.3 is 5.11 Å². The molecule has 0 aliphatic heterocycles. The summed E-state index contributed by atoms with van der Waals surface area (Å²) in [6.07, 6.45) is 0.590. The van der Waals surface area contributed by atoms with Gasteiger partial charge in [-0.05, 0) is 29.8 Å². The maximum atomic E-state index is 13.7. The second-order valence-electron chi connectivity index (χ2n) is 3.71. The van der Waals surface area contributed by atoms with Crippen molar-refractivity contribution in [1.82, 2.24) is 0 Å². The fraction of sp³-hybridized carbons (Fsp3) is 0. The highest BCUT2D eigenvalue weighted by Gasteiger charge is 2.14. The second-order valence-corrected chi connectivity index (χ2v) is 3.71. The molecule has 0 heterocycles. The highest BCUT2D eigenvalue weighted by Crippen LogP contribution is 2.27. The van der Waals surface area contributed by atoms with Crippen LogP contribution in [0.3, 0.4) is 0 Å². The van der Waals surface area contributed by atoms with Crippen molar-refractivity contribution in [1.29, 1.82) is 0 Å². The van der Waals surface area contributed by atoms with E-state index in [1.54, 1.807) is 12.1 Å². The van der Waals surface area contributed by atoms with E-state index in [9.17, 15) is 14.0 Å². The van der Waals surface area contributed by atoms with E-state index >= 15 is 0 Å². The lowest BCUT2D eigenvalue weighted by Crippen LogP contribution is -2.00. The highest BCUT2D eigenvalue weighted by atomic mass is 19.1. The maximum absolute atomic E-state index is 13.7. The Labute approximate surface area is 103 Å². The molecule has 2 rings (SSSR count). The number of benzene rings is 2. The summed E-state index contributed by atoms with van der Waals surface area (Å²) < 4.78 is 13.7. The predicted octanol–water partition coefficient (Wildman–Crippen LogP) is 3.00. The lowest BCUT2D eigenvalue weighted by molar-refractivity contribution is 0.0697. The van der Waals surface area contributed by atoms with Crippen molar-refractivity contribution in [2.75, 3.05) is 0 Å². The van der Waals surface area contributed by atoms with Crippen molar-refractivity contribution in [2.24, 2.45) is 0 Å². The number of carbonyl (C=O) groups excluding carboxylic acids is 1. The Kier molecular flexibility index (Phi) is 3.19. The van der Waals surface area contributed by atoms with E-state index in [-0.39, 0.29) is 16.7 Å². The third-order valence-corrected chi connectivity index (χ3v) is 2.57. The SMILES string of the molecule is O=Cc1ccc(F)c(-c2ccccc2C(=O)O)c1. The molecule has 0 atom stereocenters. The fourth-order valence-corrected chi connectivity index (χ4v) is 1.73. The van der Waals surface area contributed by atoms with E-state index in [0.29, 0.717) is 11.8 Å². The van der Waals surface area contributed by atoms with Crippen LogP contribution in [0.25, 0.3) is 11.1 Å². The number of carboxylic acids is 1. The van der Waals surface area contributed by atoms with Crippen LogP contribution >= 0.6 is 0 Å². The van der Waals surface area contributed by atoms with Crippen molar-refractivity contribution in [3.63, 3.8) is 0 Å². The molecule has 2 aromatic carbocycles. The molecule has 1 N–H and O–H groups in total. The molecule has 2 aromatic rings. The van der Waals surface area contributed by atoms with E-state index < -0.39 is 11.8 Å². The number of aromatic carboxylic acids is 1. The van der Waals surface area contributed by atoms with Crippen LogP contribution in [-0.2, 0) is 0 Å². The first-order valence-corrected chi connectivity index (χ1v) is 5.21. The molecule has 0 radical (unpaired) electrons. The normalized spacial score (nSPS) is 10.1. The first-order chi connectivity index (χ1) is 8.63. The van der Waals surface area contributed by atoms with Crippen molar-refractivity contribution < 1.29 is 19.1 Å². The monoisotopic (exact) mass is 244 g/mol. The zero-order chi connectivity index (χ0) is 13.1. The minimum Gasteiger partial charge on any atom is -0.478 e. The smallest absolute Gasteiger partial charge is 0.336 e. The summed E-state index contributed by atoms with van der Waals surface area (Å²) in [6.45, 7) is 0. The summed E-state index contributed by atoms with van der Waals surface area (Å²) in [5, 5.41) is 9.05. The summed E-state index contributed by atoms with van der Waals surface area (Å²) in [7, 11) is 0. The topological polar surface area (TPSA) is 54.4 Å². The zero-order valence-corrected chi connectivity index (χ0v) is 9.26. The Morgan fingerprint density at radius 2 is 1.83 bits per heavy atom. The molecule has 0 bridgehead atoms. The van der Waals surface area contributed by atoms with E-state index in [4.69, 9.17) is 5.11 Å². The molecule has 0 spiro atoms. The van der Waals surface area contributed by atoms with Gasteiger partial charge in [0.05, 0.1) is 5.56 Å². The van der Waals surface area contributed by atoms with Gasteiger partial charge in [-0.25, -0.2) is 9.18 Å². The van der Waals surface area contributed by atoms with Gasteiger partial charge >= 0.3 is 5.97 Å². The minimum absolute atomic E-state index is 0.000510. The van der Waals surface area contributed by atoms with Gasteiger partial charge in [0.1, 0.15) is 12.1 Å². The number of hydrogen-bond acceptors (Lipinski definition) is 2. The Balaban J connectivity index is 2.68. The third-order valence-electron chi connectivity index (χ3n) is 2.57. The first kappa shape index (κ1) is 12.0. The van der Waals surface area contributed by atoms with E-state index in [0.717, 1.165) is 6.07 Å². The van der Waals surface area contributed by atoms with Gasteiger partial charge in [-0.15, -0.1) is 0 Å². The number of carboxylic acid groups (broad SMARTS) is 1. The van der Waals surface area contributed by atoms with Gasteiger partial charge in [-0.1, -0.05) is 18.2 Å². The molecular formula is C14H9FO3. The van der Waals surface area contributed by atoms with Crippen LogP contribution in [0.2, 0.25) is 0 Å². The summed E-state index contributed by atoms with van der Waals surface area (Å²) in [5.41, 5.74) is 0.662. The lowest BCUT2D eigenvalue weighted by Gasteiger charge is -2.07. The number of rotatable bonds is 3. The first-order valence-electron chi connectivity index (χ1n) is 5.21. The Hall–Kier alpha value is -2.49. The molecule has 3 nitrogen and oxygen atoms in total. The Morgan fingerprint density at radius 3 is 2.50 bits per heavy atom. The molecule has 0 saturated heterocycles. The van der Waals surface area contributed by atoms with Gasteiger partial charge in [0.2, 0.25) is 0 Å². The van der Waals surface area contributed by atoms with Crippen LogP contribution in [0.15, 0.2) is 42.5 Å². The highest BCUT2D eigenvalue weighted by molar-refractivity contribution is 5.96. The van der Waals surface area contributed by atoms with Crippen molar-refractivity contribution in [3.8, 4) is 11.1 Å². The summed E-state index contributed by atoms with van der Waals surface area (Å²) in [6, 6.07) is 9.92. The van der Waals surface area contributed by atoms with E-state index in [1.165, 1.54) is 24.3 Å². The third kappa shape index (κ3) is 2.13. The molecule has 4 heteroatoms. The molecule has 0 unspecified atom stereocenters. The van der Waals surface area contributed by atoms with Crippen molar-refractivity contribution >= 4 is 12.3 Å². The average Bonchev–Trinajstić information content (AvgIpc) is 2.39. The second kappa shape index (κ2) is 4.79. The average molecular weight is 244 g/mol. The summed E-state index contributed by atoms with van der Waals surface area (Å²) >= 11 is 0. The summed E-state index contributed by atoms with van der Waals surface area (Å²) in [4.78, 5) is 21.8. The van der Waals surface area contributed by atoms with Crippen molar-refractivity contribution in [3.05, 3.63) is 59.4 Å². The van der Waals surface area contributed by atoms with Gasteiger partial charge in [0, 0.05) is 11.1 Å². The fourth-order valence-electron chi connectivity index (χ4n) is 1.73. The molecule has 18 heavy (non-hydrogen) atoms. The van der Waals surface area contributed by atoms with Crippen LogP contribution < -0.4 is 0 Å². The van der Waals surface area contributed by atoms with Gasteiger partial charge in [-0.3, -0.25) is 4.79 Å². The molecule has 0 aliphatic rings. The minimum atomic E-state index is -1.14. The van der Waals surface area contributed by atoms with Gasteiger partial charge in [-0.2, -0.15) is 0 Å². The van der Waals surface area contributed by atoms with Crippen LogP contribution in [0.5, 0.6) is 0 Å². The maximum Gasteiger partial charge on any atom is 0.336 e. The van der Waals surface area contributed by atoms with Crippen LogP contribution in [-0.4, -0.2) is 17.4 Å². The van der Waals surface area contributed by atoms with Crippen molar-refractivity contribution in [2.45, 2.75) is 0 Å². The quantitative estimate of drug-likeness (QED) is 0.844. The standard InChI is InChI=1S/C14H9FO3/c15-13-6-5-9(8-16)7-12(13)10-3-1-2-4-11(10)14(17)18/h1-8H,(H,17,18). The molecular weight excluding hydrogens is 235 g/mol. The molecule has 0 amide bonds. The molecule has 0 fully saturated rings. The molecule has 0 saturated carbocycles. The lowest BCUT2D eigenvalue weighted by atomic mass is 9.98. The number of carbonyl (C=O) groups is 2. The van der Waals surface area contributed by atoms with E-state index in [1.807, 2.05) is 0 Å². The molecule has 90 valence electrons. The van der Waals surface area contributed by atoms with Crippen LogP contribution in [0.4, 0.5) is 4.39 Å². The molecule has 0 aliphatic carbocycles. The van der Waals surface area contributed by atoms with Gasteiger partial charge in [0.15, 0.2) is 0 Å². The summed E-state index contributed by atoms with van der Waals surface area (Å²) in [5.74, 6) is -1.70. The van der Waals surface area contributed by atoms with Gasteiger partial charge in [0.25, 0.3) is 0 Å². The number of aldehydes is 1. The van der Waals surface area contributed by atoms with Crippen LogP contribution in [0.1, 0.15) is 20.7 Å². The molecule has 0 aromatic heterocycles. The Bertz CT molecular complexity index is 620. The van der Waals surface area contributed by atoms with Crippen LogP contribution in [0, 0.1) is 5.82 Å². The largest absolute Gasteiger partial charge is 0.478 e. The van der Waals surface area contributed by atoms with E-state index in [2.05, 4.69) is 0 Å². The Morgan fingerprint density at radius 1 is 1.11 bits per heavy atom. The zero-order valence-electron chi connectivity index (χ0n) is 9.26. The number of halogens is 1.